The number of oxazole rings is 1. The van der Waals surface area contributed by atoms with E-state index in [1.807, 2.05) is 41.9 Å². The second-order valence-electron chi connectivity index (χ2n) is 4.88. The molecule has 0 aliphatic carbocycles. The van der Waals surface area contributed by atoms with E-state index in [1.54, 1.807) is 6.26 Å². The fraction of sp³-hybridized carbons (Fsp3) is 0.200. The maximum Gasteiger partial charge on any atom is 0.226 e. The Morgan fingerprint density at radius 1 is 1.20 bits per heavy atom. The summed E-state index contributed by atoms with van der Waals surface area (Å²) in [4.78, 5) is 4.49. The molecule has 5 heteroatoms. The molecule has 3 aromatic rings. The number of hydrogen-bond acceptors (Lipinski definition) is 4. The van der Waals surface area contributed by atoms with Gasteiger partial charge in [0, 0.05) is 17.3 Å². The van der Waals surface area contributed by atoms with Crippen LogP contribution in [-0.4, -0.2) is 14.8 Å². The van der Waals surface area contributed by atoms with Gasteiger partial charge in [0.05, 0.1) is 6.54 Å². The van der Waals surface area contributed by atoms with Gasteiger partial charge in [0.2, 0.25) is 5.89 Å². The van der Waals surface area contributed by atoms with Gasteiger partial charge in [-0.3, -0.25) is 4.68 Å². The lowest BCUT2D eigenvalue weighted by Crippen LogP contribution is -2.04. The van der Waals surface area contributed by atoms with E-state index in [9.17, 15) is 0 Å². The number of anilines is 1. The van der Waals surface area contributed by atoms with Crippen LogP contribution in [0.25, 0.3) is 11.5 Å². The van der Waals surface area contributed by atoms with Gasteiger partial charge in [-0.05, 0) is 26.0 Å². The van der Waals surface area contributed by atoms with Gasteiger partial charge in [0.1, 0.15) is 17.8 Å². The SMILES string of the molecule is Cc1ccc(-c2nc(Cn3nc(N)cc3C)co2)cc1. The van der Waals surface area contributed by atoms with E-state index in [4.69, 9.17) is 10.2 Å². The Balaban J connectivity index is 1.83. The van der Waals surface area contributed by atoms with Crippen molar-refractivity contribution in [3.05, 3.63) is 53.5 Å². The first-order valence-electron chi connectivity index (χ1n) is 6.43. The van der Waals surface area contributed by atoms with E-state index >= 15 is 0 Å². The van der Waals surface area contributed by atoms with Gasteiger partial charge in [0.15, 0.2) is 0 Å². The standard InChI is InChI=1S/C15H16N4O/c1-10-3-5-12(6-4-10)15-17-13(9-20-15)8-19-11(2)7-14(16)18-19/h3-7,9H,8H2,1-2H3,(H2,16,18). The molecule has 2 N–H and O–H groups in total. The van der Waals surface area contributed by atoms with Crippen molar-refractivity contribution in [3.63, 3.8) is 0 Å². The van der Waals surface area contributed by atoms with Gasteiger partial charge < -0.3 is 10.2 Å². The van der Waals surface area contributed by atoms with Crippen LogP contribution in [0.1, 0.15) is 17.0 Å². The summed E-state index contributed by atoms with van der Waals surface area (Å²) in [6, 6.07) is 9.92. The monoisotopic (exact) mass is 268 g/mol. The maximum atomic E-state index is 5.67. The zero-order valence-electron chi connectivity index (χ0n) is 11.5. The highest BCUT2D eigenvalue weighted by Gasteiger charge is 2.09. The summed E-state index contributed by atoms with van der Waals surface area (Å²) in [5.74, 6) is 1.14. The van der Waals surface area contributed by atoms with Crippen molar-refractivity contribution in [2.75, 3.05) is 5.73 Å². The molecule has 5 nitrogen and oxygen atoms in total. The molecular weight excluding hydrogens is 252 g/mol. The predicted molar refractivity (Wildman–Crippen MR) is 77.2 cm³/mol. The Morgan fingerprint density at radius 3 is 2.60 bits per heavy atom. The number of benzene rings is 1. The van der Waals surface area contributed by atoms with Crippen molar-refractivity contribution in [2.24, 2.45) is 0 Å². The van der Waals surface area contributed by atoms with Gasteiger partial charge >= 0.3 is 0 Å². The van der Waals surface area contributed by atoms with Gasteiger partial charge in [-0.2, -0.15) is 5.10 Å². The Morgan fingerprint density at radius 2 is 1.95 bits per heavy atom. The minimum atomic E-state index is 0.518. The van der Waals surface area contributed by atoms with E-state index in [-0.39, 0.29) is 0 Å². The van der Waals surface area contributed by atoms with Crippen molar-refractivity contribution in [1.82, 2.24) is 14.8 Å². The molecule has 0 saturated carbocycles. The largest absolute Gasteiger partial charge is 0.444 e. The number of nitrogen functional groups attached to an aromatic ring is 1. The van der Waals surface area contributed by atoms with Crippen LogP contribution in [0, 0.1) is 13.8 Å². The molecule has 0 amide bonds. The maximum absolute atomic E-state index is 5.67. The lowest BCUT2D eigenvalue weighted by molar-refractivity contribution is 0.569. The molecule has 3 rings (SSSR count). The highest BCUT2D eigenvalue weighted by Crippen LogP contribution is 2.19. The molecular formula is C15H16N4O. The van der Waals surface area contributed by atoms with Crippen molar-refractivity contribution in [1.29, 1.82) is 0 Å². The highest BCUT2D eigenvalue weighted by molar-refractivity contribution is 5.53. The number of aromatic nitrogens is 3. The smallest absolute Gasteiger partial charge is 0.226 e. The van der Waals surface area contributed by atoms with Crippen LogP contribution < -0.4 is 5.73 Å². The number of nitrogens with two attached hydrogens (primary N) is 1. The van der Waals surface area contributed by atoms with E-state index < -0.39 is 0 Å². The predicted octanol–water partition coefficient (Wildman–Crippen LogP) is 2.79. The van der Waals surface area contributed by atoms with Gasteiger partial charge in [-0.25, -0.2) is 4.98 Å². The van der Waals surface area contributed by atoms with Crippen LogP contribution >= 0.6 is 0 Å². The third kappa shape index (κ3) is 2.42. The quantitative estimate of drug-likeness (QED) is 0.793. The summed E-state index contributed by atoms with van der Waals surface area (Å²) in [5.41, 5.74) is 9.68. The molecule has 0 fully saturated rings. The van der Waals surface area contributed by atoms with Gasteiger partial charge in [0.25, 0.3) is 0 Å². The second kappa shape index (κ2) is 4.85. The van der Waals surface area contributed by atoms with Crippen LogP contribution in [0.4, 0.5) is 5.82 Å². The summed E-state index contributed by atoms with van der Waals surface area (Å²) >= 11 is 0. The lowest BCUT2D eigenvalue weighted by atomic mass is 10.1. The summed E-state index contributed by atoms with van der Waals surface area (Å²) in [5, 5.41) is 4.21. The summed E-state index contributed by atoms with van der Waals surface area (Å²) in [6.07, 6.45) is 1.66. The van der Waals surface area contributed by atoms with Crippen LogP contribution in [0.2, 0.25) is 0 Å². The summed E-state index contributed by atoms with van der Waals surface area (Å²) < 4.78 is 7.34. The highest BCUT2D eigenvalue weighted by atomic mass is 16.3. The Labute approximate surface area is 117 Å². The molecule has 2 aromatic heterocycles. The molecule has 0 aliphatic rings. The third-order valence-electron chi connectivity index (χ3n) is 3.16. The van der Waals surface area contributed by atoms with Crippen LogP contribution in [-0.2, 0) is 6.54 Å². The van der Waals surface area contributed by atoms with Crippen LogP contribution in [0.15, 0.2) is 41.0 Å². The molecule has 20 heavy (non-hydrogen) atoms. The molecule has 0 bridgehead atoms. The van der Waals surface area contributed by atoms with Crippen molar-refractivity contribution >= 4 is 5.82 Å². The van der Waals surface area contributed by atoms with Crippen LogP contribution in [0.3, 0.4) is 0 Å². The minimum Gasteiger partial charge on any atom is -0.444 e. The number of aryl methyl sites for hydroxylation is 2. The Bertz CT molecular complexity index is 725. The van der Waals surface area contributed by atoms with Gasteiger partial charge in [-0.1, -0.05) is 17.7 Å². The average molecular weight is 268 g/mol. The normalized spacial score (nSPS) is 10.9. The fourth-order valence-corrected chi connectivity index (χ4v) is 2.06. The molecule has 0 saturated heterocycles. The molecule has 102 valence electrons. The first-order chi connectivity index (χ1) is 9.61. The topological polar surface area (TPSA) is 69.9 Å². The Kier molecular flexibility index (Phi) is 3.02. The first kappa shape index (κ1) is 12.5. The van der Waals surface area contributed by atoms with Crippen LogP contribution in [0.5, 0.6) is 0 Å². The molecule has 0 unspecified atom stereocenters. The van der Waals surface area contributed by atoms with E-state index in [0.29, 0.717) is 18.3 Å². The third-order valence-corrected chi connectivity index (χ3v) is 3.16. The second-order valence-corrected chi connectivity index (χ2v) is 4.88. The number of rotatable bonds is 3. The van der Waals surface area contributed by atoms with Crippen molar-refractivity contribution in [3.8, 4) is 11.5 Å². The van der Waals surface area contributed by atoms with E-state index in [0.717, 1.165) is 17.0 Å². The first-order valence-corrected chi connectivity index (χ1v) is 6.43. The van der Waals surface area contributed by atoms with Crippen molar-refractivity contribution in [2.45, 2.75) is 20.4 Å². The van der Waals surface area contributed by atoms with E-state index in [2.05, 4.69) is 17.0 Å². The Hall–Kier alpha value is -2.56. The number of nitrogens with zero attached hydrogens (tertiary/aromatic N) is 3. The van der Waals surface area contributed by atoms with Gasteiger partial charge in [-0.15, -0.1) is 0 Å². The minimum absolute atomic E-state index is 0.518. The average Bonchev–Trinajstić information content (AvgIpc) is 2.98. The molecule has 0 aliphatic heterocycles. The zero-order valence-corrected chi connectivity index (χ0v) is 11.5. The summed E-state index contributed by atoms with van der Waals surface area (Å²) in [7, 11) is 0. The zero-order chi connectivity index (χ0) is 14.1. The van der Waals surface area contributed by atoms with Crippen molar-refractivity contribution < 1.29 is 4.42 Å². The molecule has 2 heterocycles. The lowest BCUT2D eigenvalue weighted by Gasteiger charge is -1.99. The molecule has 1 aromatic carbocycles. The fourth-order valence-electron chi connectivity index (χ4n) is 2.06. The molecule has 0 radical (unpaired) electrons. The molecule has 0 atom stereocenters. The van der Waals surface area contributed by atoms with E-state index in [1.165, 1.54) is 5.56 Å². The summed E-state index contributed by atoms with van der Waals surface area (Å²) in [6.45, 7) is 4.57. The molecule has 0 spiro atoms. The number of hydrogen-bond donors (Lipinski definition) is 1.